The van der Waals surface area contributed by atoms with E-state index in [1.54, 1.807) is 0 Å². The third kappa shape index (κ3) is 18.4. The molecule has 1 unspecified atom stereocenters. The standard InChI is InChI=1S/C24H43NO5/c1-2-3-4-5-6-7-8-9-10-11-12-13-14-15-16-17-22(26)20-21(24(28)29)18-19-23(27)25-30/h21H,2-20H2,1H3,(H,28,29). The summed E-state index contributed by atoms with van der Waals surface area (Å²) >= 11 is 0. The van der Waals surface area contributed by atoms with Gasteiger partial charge in [0.25, 0.3) is 5.91 Å². The van der Waals surface area contributed by atoms with Crippen molar-refractivity contribution < 1.29 is 19.5 Å². The molecule has 0 fully saturated rings. The molecule has 0 radical (unpaired) electrons. The minimum Gasteiger partial charge on any atom is -0.481 e. The van der Waals surface area contributed by atoms with E-state index < -0.39 is 17.8 Å². The smallest absolute Gasteiger partial charge is 0.306 e. The first-order chi connectivity index (χ1) is 14.5. The molecular formula is C24H43NO5. The molecule has 1 amide bonds. The Morgan fingerprint density at radius 3 is 1.53 bits per heavy atom. The molecule has 0 rings (SSSR count). The molecular weight excluding hydrogens is 382 g/mol. The lowest BCUT2D eigenvalue weighted by atomic mass is 9.94. The highest BCUT2D eigenvalue weighted by molar-refractivity contribution is 5.84. The fourth-order valence-corrected chi connectivity index (χ4v) is 3.73. The van der Waals surface area contributed by atoms with Crippen LogP contribution in [0.3, 0.4) is 0 Å². The van der Waals surface area contributed by atoms with E-state index in [2.05, 4.69) is 12.1 Å². The van der Waals surface area contributed by atoms with Crippen molar-refractivity contribution in [2.45, 2.75) is 129 Å². The Labute approximate surface area is 182 Å². The van der Waals surface area contributed by atoms with Gasteiger partial charge < -0.3 is 5.11 Å². The predicted molar refractivity (Wildman–Crippen MR) is 120 cm³/mol. The maximum absolute atomic E-state index is 12.0. The summed E-state index contributed by atoms with van der Waals surface area (Å²) < 4.78 is 0. The number of aliphatic carboxylic acids is 1. The third-order valence-electron chi connectivity index (χ3n) is 5.69. The van der Waals surface area contributed by atoms with Gasteiger partial charge in [-0.2, -0.15) is 0 Å². The molecule has 0 bridgehead atoms. The molecule has 1 N–H and O–H groups in total. The maximum atomic E-state index is 12.0. The lowest BCUT2D eigenvalue weighted by Crippen LogP contribution is -2.19. The van der Waals surface area contributed by atoms with Crippen LogP contribution in [0.25, 0.3) is 0 Å². The van der Waals surface area contributed by atoms with E-state index in [9.17, 15) is 19.3 Å². The first-order valence-corrected chi connectivity index (χ1v) is 12.1. The Morgan fingerprint density at radius 1 is 0.700 bits per heavy atom. The van der Waals surface area contributed by atoms with Crippen LogP contribution in [0, 0.1) is 10.8 Å². The zero-order chi connectivity index (χ0) is 22.5. The summed E-state index contributed by atoms with van der Waals surface area (Å²) in [5.74, 6) is -2.95. The number of carboxylic acid groups (broad SMARTS) is 1. The number of carbonyl (C=O) groups excluding carboxylic acids is 2. The number of hydrogen-bond acceptors (Lipinski definition) is 4. The Balaban J connectivity index is 3.52. The fraction of sp³-hybridized carbons (Fsp3) is 0.875. The van der Waals surface area contributed by atoms with Gasteiger partial charge in [0.2, 0.25) is 0 Å². The van der Waals surface area contributed by atoms with Gasteiger partial charge in [-0.1, -0.05) is 96.8 Å². The van der Waals surface area contributed by atoms with E-state index >= 15 is 0 Å². The summed E-state index contributed by atoms with van der Waals surface area (Å²) in [6.07, 6.45) is 19.0. The third-order valence-corrected chi connectivity index (χ3v) is 5.69. The summed E-state index contributed by atoms with van der Waals surface area (Å²) in [6.45, 7) is 2.25. The average molecular weight is 426 g/mol. The van der Waals surface area contributed by atoms with Gasteiger partial charge in [0.15, 0.2) is 0 Å². The predicted octanol–water partition coefficient (Wildman–Crippen LogP) is 6.98. The van der Waals surface area contributed by atoms with Crippen LogP contribution >= 0.6 is 0 Å². The number of nitroso groups, excluding NO2 is 1. The lowest BCUT2D eigenvalue weighted by Gasteiger charge is -2.10. The summed E-state index contributed by atoms with van der Waals surface area (Å²) in [6, 6.07) is 0. The molecule has 0 saturated carbocycles. The summed E-state index contributed by atoms with van der Waals surface area (Å²) in [5, 5.41) is 11.4. The van der Waals surface area contributed by atoms with Gasteiger partial charge in [-0.05, 0) is 12.8 Å². The molecule has 0 aliphatic heterocycles. The first kappa shape index (κ1) is 28.4. The molecule has 0 heterocycles. The first-order valence-electron chi connectivity index (χ1n) is 12.1. The van der Waals surface area contributed by atoms with Crippen molar-refractivity contribution in [3.8, 4) is 0 Å². The van der Waals surface area contributed by atoms with E-state index in [1.807, 2.05) is 0 Å². The molecule has 174 valence electrons. The number of carbonyl (C=O) groups is 3. The Bertz CT molecular complexity index is 478. The van der Waals surface area contributed by atoms with Crippen molar-refractivity contribution in [3.63, 3.8) is 0 Å². The highest BCUT2D eigenvalue weighted by Gasteiger charge is 2.22. The van der Waals surface area contributed by atoms with Crippen molar-refractivity contribution in [2.75, 3.05) is 0 Å². The maximum Gasteiger partial charge on any atom is 0.306 e. The SMILES string of the molecule is CCCCCCCCCCCCCCCCCC(=O)CC(CCC(=O)N=O)C(=O)O. The van der Waals surface area contributed by atoms with Crippen LogP contribution in [0.5, 0.6) is 0 Å². The van der Waals surface area contributed by atoms with Gasteiger partial charge in [-0.15, -0.1) is 4.91 Å². The van der Waals surface area contributed by atoms with E-state index in [0.29, 0.717) is 6.42 Å². The van der Waals surface area contributed by atoms with Gasteiger partial charge in [0.1, 0.15) is 5.78 Å². The van der Waals surface area contributed by atoms with Gasteiger partial charge in [-0.3, -0.25) is 14.4 Å². The molecule has 0 aliphatic rings. The van der Waals surface area contributed by atoms with E-state index in [0.717, 1.165) is 19.3 Å². The molecule has 0 aromatic rings. The molecule has 0 aromatic carbocycles. The van der Waals surface area contributed by atoms with Crippen LogP contribution in [-0.2, 0) is 14.4 Å². The van der Waals surface area contributed by atoms with Gasteiger partial charge in [-0.25, -0.2) is 0 Å². The zero-order valence-electron chi connectivity index (χ0n) is 19.0. The number of unbranched alkanes of at least 4 members (excludes halogenated alkanes) is 14. The number of ketones is 1. The van der Waals surface area contributed by atoms with Crippen LogP contribution in [0.1, 0.15) is 129 Å². The quantitative estimate of drug-likeness (QED) is 0.149. The molecule has 30 heavy (non-hydrogen) atoms. The number of amides is 1. The minimum absolute atomic E-state index is 0.00942. The van der Waals surface area contributed by atoms with Crippen molar-refractivity contribution in [1.29, 1.82) is 0 Å². The van der Waals surface area contributed by atoms with Crippen LogP contribution in [0.4, 0.5) is 0 Å². The van der Waals surface area contributed by atoms with Crippen molar-refractivity contribution in [3.05, 3.63) is 4.91 Å². The molecule has 0 spiro atoms. The summed E-state index contributed by atoms with van der Waals surface area (Å²) in [7, 11) is 0. The van der Waals surface area contributed by atoms with Crippen LogP contribution in [-0.4, -0.2) is 22.8 Å². The summed E-state index contributed by atoms with van der Waals surface area (Å²) in [5.41, 5.74) is 0. The second kappa shape index (κ2) is 20.7. The molecule has 6 nitrogen and oxygen atoms in total. The average Bonchev–Trinajstić information content (AvgIpc) is 2.73. The van der Waals surface area contributed by atoms with Gasteiger partial charge >= 0.3 is 5.97 Å². The minimum atomic E-state index is -1.10. The topological polar surface area (TPSA) is 101 Å². The molecule has 1 atom stereocenters. The Kier molecular flexibility index (Phi) is 19.6. The largest absolute Gasteiger partial charge is 0.481 e. The van der Waals surface area contributed by atoms with Crippen LogP contribution in [0.2, 0.25) is 0 Å². The molecule has 0 saturated heterocycles. The fourth-order valence-electron chi connectivity index (χ4n) is 3.73. The number of hydrogen-bond donors (Lipinski definition) is 1. The molecule has 6 heteroatoms. The second-order valence-corrected chi connectivity index (χ2v) is 8.50. The van der Waals surface area contributed by atoms with E-state index in [1.165, 1.54) is 77.0 Å². The number of carboxylic acids is 1. The number of Topliss-reactive ketones (excluding diaryl/α,β-unsaturated/α-hetero) is 1. The van der Waals surface area contributed by atoms with Crippen molar-refractivity contribution in [1.82, 2.24) is 0 Å². The molecule has 0 aliphatic carbocycles. The van der Waals surface area contributed by atoms with Gasteiger partial charge in [0.05, 0.1) is 5.92 Å². The van der Waals surface area contributed by atoms with E-state index in [-0.39, 0.29) is 25.0 Å². The summed E-state index contributed by atoms with van der Waals surface area (Å²) in [4.78, 5) is 44.1. The number of rotatable bonds is 22. The number of nitrogens with zero attached hydrogens (tertiary/aromatic N) is 1. The Morgan fingerprint density at radius 2 is 1.13 bits per heavy atom. The zero-order valence-corrected chi connectivity index (χ0v) is 19.0. The second-order valence-electron chi connectivity index (χ2n) is 8.50. The normalized spacial score (nSPS) is 11.9. The van der Waals surface area contributed by atoms with Crippen LogP contribution < -0.4 is 0 Å². The van der Waals surface area contributed by atoms with Crippen LogP contribution in [0.15, 0.2) is 5.18 Å². The highest BCUT2D eigenvalue weighted by atomic mass is 16.4. The highest BCUT2D eigenvalue weighted by Crippen LogP contribution is 2.17. The van der Waals surface area contributed by atoms with E-state index in [4.69, 9.17) is 5.11 Å². The van der Waals surface area contributed by atoms with Gasteiger partial charge in [0, 0.05) is 24.4 Å². The Hall–Kier alpha value is -1.59. The van der Waals surface area contributed by atoms with Crippen molar-refractivity contribution in [2.24, 2.45) is 11.1 Å². The monoisotopic (exact) mass is 425 g/mol. The van der Waals surface area contributed by atoms with Crippen molar-refractivity contribution >= 4 is 17.7 Å². The molecule has 0 aromatic heterocycles. The lowest BCUT2D eigenvalue weighted by molar-refractivity contribution is -0.144.